The summed E-state index contributed by atoms with van der Waals surface area (Å²) in [5, 5.41) is 5.28. The zero-order chi connectivity index (χ0) is 24.0. The second kappa shape index (κ2) is 11.4. The highest BCUT2D eigenvalue weighted by molar-refractivity contribution is 8.01. The van der Waals surface area contributed by atoms with Crippen LogP contribution in [-0.2, 0) is 9.59 Å². The number of amides is 3. The first kappa shape index (κ1) is 24.8. The van der Waals surface area contributed by atoms with Crippen LogP contribution >= 0.6 is 11.8 Å². The van der Waals surface area contributed by atoms with E-state index in [2.05, 4.69) is 24.5 Å². The fourth-order valence-electron chi connectivity index (χ4n) is 4.12. The summed E-state index contributed by atoms with van der Waals surface area (Å²) in [5.74, 6) is 0.634. The number of likely N-dealkylation sites (tertiary alicyclic amines) is 1. The molecule has 1 aliphatic heterocycles. The van der Waals surface area contributed by atoms with Crippen LogP contribution in [0.25, 0.3) is 0 Å². The summed E-state index contributed by atoms with van der Waals surface area (Å²) < 4.78 is 0. The molecule has 2 N–H and O–H groups in total. The van der Waals surface area contributed by atoms with Crippen LogP contribution in [0.4, 0.5) is 11.4 Å². The lowest BCUT2D eigenvalue weighted by atomic mass is 9.91. The van der Waals surface area contributed by atoms with Crippen molar-refractivity contribution in [2.75, 3.05) is 29.5 Å². The number of para-hydroxylation sites is 1. The highest BCUT2D eigenvalue weighted by Crippen LogP contribution is 2.25. The maximum absolute atomic E-state index is 13.2. The van der Waals surface area contributed by atoms with E-state index in [9.17, 15) is 14.4 Å². The SMILES string of the molecule is Cc1ccc(NC(=O)CSC(C)C(=O)Nc2ccccc2C(=O)N2CC(C)CC(C)C2)cc1. The molecule has 2 aromatic carbocycles. The standard InChI is InChI=1S/C26H33N3O3S/c1-17-9-11-21(12-10-17)27-24(30)16-33-20(4)25(31)28-23-8-6-5-7-22(23)26(32)29-14-18(2)13-19(3)15-29/h5-12,18-20H,13-16H2,1-4H3,(H,27,30)(H,28,31). The fourth-order valence-corrected chi connectivity index (χ4v) is 4.81. The Kier molecular flexibility index (Phi) is 8.55. The predicted octanol–water partition coefficient (Wildman–Crippen LogP) is 4.81. The number of anilines is 2. The molecule has 3 unspecified atom stereocenters. The Hall–Kier alpha value is -2.80. The van der Waals surface area contributed by atoms with Crippen molar-refractivity contribution in [1.29, 1.82) is 0 Å². The quantitative estimate of drug-likeness (QED) is 0.612. The van der Waals surface area contributed by atoms with Gasteiger partial charge in [-0.25, -0.2) is 0 Å². The number of carbonyl (C=O) groups excluding carboxylic acids is 3. The Morgan fingerprint density at radius 2 is 1.64 bits per heavy atom. The first-order chi connectivity index (χ1) is 15.7. The van der Waals surface area contributed by atoms with E-state index >= 15 is 0 Å². The topological polar surface area (TPSA) is 78.5 Å². The number of carbonyl (C=O) groups is 3. The van der Waals surface area contributed by atoms with Gasteiger partial charge < -0.3 is 15.5 Å². The van der Waals surface area contributed by atoms with Crippen LogP contribution in [-0.4, -0.2) is 46.7 Å². The molecule has 1 heterocycles. The van der Waals surface area contributed by atoms with E-state index in [0.717, 1.165) is 30.8 Å². The minimum atomic E-state index is -0.452. The van der Waals surface area contributed by atoms with Gasteiger partial charge in [0.15, 0.2) is 0 Å². The van der Waals surface area contributed by atoms with E-state index in [-0.39, 0.29) is 23.5 Å². The number of nitrogens with zero attached hydrogens (tertiary/aromatic N) is 1. The van der Waals surface area contributed by atoms with Gasteiger partial charge in [-0.15, -0.1) is 11.8 Å². The van der Waals surface area contributed by atoms with Crippen LogP contribution in [0.2, 0.25) is 0 Å². The van der Waals surface area contributed by atoms with Gasteiger partial charge in [-0.2, -0.15) is 0 Å². The number of piperidine rings is 1. The van der Waals surface area contributed by atoms with Crippen molar-refractivity contribution in [3.05, 3.63) is 59.7 Å². The molecule has 3 atom stereocenters. The van der Waals surface area contributed by atoms with Crippen molar-refractivity contribution >= 4 is 40.9 Å². The molecule has 0 radical (unpaired) electrons. The molecule has 1 fully saturated rings. The zero-order valence-corrected chi connectivity index (χ0v) is 20.6. The van der Waals surface area contributed by atoms with Gasteiger partial charge in [0.05, 0.1) is 22.3 Å². The summed E-state index contributed by atoms with van der Waals surface area (Å²) in [6, 6.07) is 14.7. The first-order valence-corrected chi connectivity index (χ1v) is 12.4. The third-order valence-electron chi connectivity index (χ3n) is 5.74. The number of nitrogens with one attached hydrogen (secondary N) is 2. The predicted molar refractivity (Wildman–Crippen MR) is 136 cm³/mol. The van der Waals surface area contributed by atoms with Crippen molar-refractivity contribution in [2.24, 2.45) is 11.8 Å². The van der Waals surface area contributed by atoms with Crippen LogP contribution in [0.3, 0.4) is 0 Å². The van der Waals surface area contributed by atoms with Gasteiger partial charge in [-0.3, -0.25) is 14.4 Å². The zero-order valence-electron chi connectivity index (χ0n) is 19.8. The normalized spacial score (nSPS) is 19.0. The highest BCUT2D eigenvalue weighted by Gasteiger charge is 2.28. The monoisotopic (exact) mass is 467 g/mol. The van der Waals surface area contributed by atoms with Crippen LogP contribution < -0.4 is 10.6 Å². The molecule has 0 aromatic heterocycles. The lowest BCUT2D eigenvalue weighted by Crippen LogP contribution is -2.42. The summed E-state index contributed by atoms with van der Waals surface area (Å²) in [5.41, 5.74) is 2.87. The second-order valence-corrected chi connectivity index (χ2v) is 10.4. The largest absolute Gasteiger partial charge is 0.338 e. The Bertz CT molecular complexity index is 983. The van der Waals surface area contributed by atoms with Crippen LogP contribution in [0, 0.1) is 18.8 Å². The van der Waals surface area contributed by atoms with Crippen molar-refractivity contribution < 1.29 is 14.4 Å². The van der Waals surface area contributed by atoms with Crippen LogP contribution in [0.1, 0.15) is 43.1 Å². The molecule has 2 aromatic rings. The van der Waals surface area contributed by atoms with E-state index in [1.165, 1.54) is 11.8 Å². The molecule has 176 valence electrons. The van der Waals surface area contributed by atoms with E-state index in [1.54, 1.807) is 25.1 Å². The van der Waals surface area contributed by atoms with Gasteiger partial charge in [0.2, 0.25) is 11.8 Å². The fraction of sp³-hybridized carbons (Fsp3) is 0.423. The Morgan fingerprint density at radius 1 is 1.00 bits per heavy atom. The summed E-state index contributed by atoms with van der Waals surface area (Å²) in [4.78, 5) is 40.1. The van der Waals surface area contributed by atoms with Gasteiger partial charge >= 0.3 is 0 Å². The molecule has 0 saturated carbocycles. The van der Waals surface area contributed by atoms with Crippen molar-refractivity contribution in [1.82, 2.24) is 4.90 Å². The van der Waals surface area contributed by atoms with Gasteiger partial charge in [0, 0.05) is 18.8 Å². The minimum absolute atomic E-state index is 0.0536. The smallest absolute Gasteiger partial charge is 0.255 e. The van der Waals surface area contributed by atoms with Crippen LogP contribution in [0.5, 0.6) is 0 Å². The van der Waals surface area contributed by atoms with E-state index < -0.39 is 5.25 Å². The number of thioether (sulfide) groups is 1. The molecular formula is C26H33N3O3S. The molecule has 33 heavy (non-hydrogen) atoms. The summed E-state index contributed by atoms with van der Waals surface area (Å²) >= 11 is 1.26. The van der Waals surface area contributed by atoms with E-state index in [0.29, 0.717) is 23.1 Å². The number of aryl methyl sites for hydroxylation is 1. The molecule has 0 spiro atoms. The first-order valence-electron chi connectivity index (χ1n) is 11.4. The molecule has 6 nitrogen and oxygen atoms in total. The number of hydrogen-bond donors (Lipinski definition) is 2. The summed E-state index contributed by atoms with van der Waals surface area (Å²) in [6.07, 6.45) is 1.12. The number of benzene rings is 2. The van der Waals surface area contributed by atoms with Crippen molar-refractivity contribution in [2.45, 2.75) is 39.4 Å². The Balaban J connectivity index is 1.56. The average molecular weight is 468 g/mol. The molecule has 1 aliphatic rings. The highest BCUT2D eigenvalue weighted by atomic mass is 32.2. The second-order valence-electron chi connectivity index (χ2n) is 9.06. The van der Waals surface area contributed by atoms with E-state index in [4.69, 9.17) is 0 Å². The molecule has 0 bridgehead atoms. The van der Waals surface area contributed by atoms with Crippen molar-refractivity contribution in [3.8, 4) is 0 Å². The Morgan fingerprint density at radius 3 is 2.30 bits per heavy atom. The minimum Gasteiger partial charge on any atom is -0.338 e. The molecule has 1 saturated heterocycles. The average Bonchev–Trinajstić information content (AvgIpc) is 2.78. The Labute approximate surface area is 200 Å². The van der Waals surface area contributed by atoms with Gasteiger partial charge in [0.1, 0.15) is 0 Å². The van der Waals surface area contributed by atoms with Gasteiger partial charge in [-0.05, 0) is 56.4 Å². The van der Waals surface area contributed by atoms with E-state index in [1.807, 2.05) is 42.2 Å². The third-order valence-corrected chi connectivity index (χ3v) is 6.88. The molecule has 3 rings (SSSR count). The summed E-state index contributed by atoms with van der Waals surface area (Å²) in [7, 11) is 0. The number of hydrogen-bond acceptors (Lipinski definition) is 4. The molecule has 0 aliphatic carbocycles. The maximum atomic E-state index is 13.2. The van der Waals surface area contributed by atoms with Crippen LogP contribution in [0.15, 0.2) is 48.5 Å². The van der Waals surface area contributed by atoms with Crippen molar-refractivity contribution in [3.63, 3.8) is 0 Å². The molecule has 3 amide bonds. The van der Waals surface area contributed by atoms with Gasteiger partial charge in [-0.1, -0.05) is 43.7 Å². The molecule has 7 heteroatoms. The number of rotatable bonds is 7. The lowest BCUT2D eigenvalue weighted by Gasteiger charge is -2.35. The van der Waals surface area contributed by atoms with Gasteiger partial charge in [0.25, 0.3) is 5.91 Å². The lowest BCUT2D eigenvalue weighted by molar-refractivity contribution is -0.115. The maximum Gasteiger partial charge on any atom is 0.255 e. The molecular weight excluding hydrogens is 434 g/mol. The third kappa shape index (κ3) is 7.09. The summed E-state index contributed by atoms with van der Waals surface area (Å²) in [6.45, 7) is 9.54.